The van der Waals surface area contributed by atoms with E-state index in [4.69, 9.17) is 9.47 Å². The number of aliphatic imine (C=N–C) groups is 1. The zero-order valence-corrected chi connectivity index (χ0v) is 30.2. The van der Waals surface area contributed by atoms with E-state index in [2.05, 4.69) is 23.0 Å². The fourth-order valence-corrected chi connectivity index (χ4v) is 6.28. The number of amides is 3. The van der Waals surface area contributed by atoms with Crippen molar-refractivity contribution in [1.29, 1.82) is 5.26 Å². The first-order valence-electron chi connectivity index (χ1n) is 16.9. The lowest BCUT2D eigenvalue weighted by Crippen LogP contribution is -2.42. The molecule has 5 rings (SSSR count). The lowest BCUT2D eigenvalue weighted by atomic mass is 9.99. The fourth-order valence-electron chi connectivity index (χ4n) is 5.47. The van der Waals surface area contributed by atoms with Crippen molar-refractivity contribution in [2.24, 2.45) is 4.99 Å². The minimum absolute atomic E-state index is 0.0708. The molecule has 0 saturated heterocycles. The number of thioether (sulfide) groups is 1. The van der Waals surface area contributed by atoms with Gasteiger partial charge in [-0.1, -0.05) is 121 Å². The smallest absolute Gasteiger partial charge is 0.285 e. The fraction of sp³-hybridized carbons (Fsp3) is 0.140. The standard InChI is InChI=1S/C43H38N4O5S/c1-4-7-22-35(5-2)47-42(50)36(25-30-23-24-37(38(26-30)51-6-3)52-28-34-21-15-14-20-33(34)27-44)41(49)46-43(47)53-29-39(48)45-40(31-16-10-8-11-17-31)32-18-12-9-13-19-32/h4-5,7-26,40H,1,6,28-29H2,2-3H3,(H,45,48)/b22-7-,35-5+,36-25+. The Morgan fingerprint density at radius 3 is 2.28 bits per heavy atom. The summed E-state index contributed by atoms with van der Waals surface area (Å²) in [6, 6.07) is 33.3. The highest BCUT2D eigenvalue weighted by Crippen LogP contribution is 2.32. The first kappa shape index (κ1) is 37.8. The Kier molecular flexibility index (Phi) is 13.3. The van der Waals surface area contributed by atoms with Crippen molar-refractivity contribution < 1.29 is 23.9 Å². The number of nitrogens with zero attached hydrogens (tertiary/aromatic N) is 3. The van der Waals surface area contributed by atoms with Crippen LogP contribution in [0, 0.1) is 11.3 Å². The molecule has 0 aromatic heterocycles. The number of hydrogen-bond donors (Lipinski definition) is 1. The quantitative estimate of drug-likeness (QED) is 0.0797. The first-order valence-corrected chi connectivity index (χ1v) is 17.9. The van der Waals surface area contributed by atoms with Crippen LogP contribution in [0.2, 0.25) is 0 Å². The highest BCUT2D eigenvalue weighted by atomic mass is 32.2. The van der Waals surface area contributed by atoms with Gasteiger partial charge in [0, 0.05) is 11.3 Å². The van der Waals surface area contributed by atoms with Gasteiger partial charge in [0.2, 0.25) is 5.91 Å². The number of rotatable bonds is 14. The van der Waals surface area contributed by atoms with Crippen LogP contribution in [-0.4, -0.2) is 40.1 Å². The van der Waals surface area contributed by atoms with Gasteiger partial charge in [0.05, 0.1) is 30.0 Å². The van der Waals surface area contributed by atoms with Gasteiger partial charge in [-0.25, -0.2) is 0 Å². The van der Waals surface area contributed by atoms with Gasteiger partial charge >= 0.3 is 0 Å². The molecule has 1 aliphatic rings. The zero-order valence-electron chi connectivity index (χ0n) is 29.4. The van der Waals surface area contributed by atoms with Crippen LogP contribution < -0.4 is 14.8 Å². The Labute approximate surface area is 313 Å². The van der Waals surface area contributed by atoms with Gasteiger partial charge in [-0.2, -0.15) is 10.3 Å². The van der Waals surface area contributed by atoms with Crippen molar-refractivity contribution >= 4 is 40.7 Å². The third-order valence-corrected chi connectivity index (χ3v) is 8.95. The predicted octanol–water partition coefficient (Wildman–Crippen LogP) is 7.93. The van der Waals surface area contributed by atoms with E-state index < -0.39 is 17.9 Å². The number of carbonyl (C=O) groups is 3. The van der Waals surface area contributed by atoms with E-state index in [1.165, 1.54) is 11.0 Å². The van der Waals surface area contributed by atoms with Gasteiger partial charge in [-0.15, -0.1) is 0 Å². The minimum atomic E-state index is -0.741. The van der Waals surface area contributed by atoms with Gasteiger partial charge in [0.15, 0.2) is 16.7 Å². The number of nitrogens with one attached hydrogen (secondary N) is 1. The van der Waals surface area contributed by atoms with E-state index in [0.717, 1.165) is 28.5 Å². The van der Waals surface area contributed by atoms with Crippen LogP contribution in [0.15, 0.2) is 150 Å². The average Bonchev–Trinajstić information content (AvgIpc) is 3.19. The lowest BCUT2D eigenvalue weighted by Gasteiger charge is -2.28. The Morgan fingerprint density at radius 1 is 0.962 bits per heavy atom. The molecule has 1 N–H and O–H groups in total. The Morgan fingerprint density at radius 2 is 1.64 bits per heavy atom. The van der Waals surface area contributed by atoms with Crippen LogP contribution >= 0.6 is 11.8 Å². The molecule has 53 heavy (non-hydrogen) atoms. The van der Waals surface area contributed by atoms with Crippen molar-refractivity contribution in [2.75, 3.05) is 12.4 Å². The molecule has 266 valence electrons. The second kappa shape index (κ2) is 18.7. The number of nitriles is 1. The maximum Gasteiger partial charge on any atom is 0.285 e. The van der Waals surface area contributed by atoms with Crippen LogP contribution in [-0.2, 0) is 21.0 Å². The third-order valence-electron chi connectivity index (χ3n) is 8.01. The molecule has 0 spiro atoms. The number of carbonyl (C=O) groups excluding carboxylic acids is 3. The summed E-state index contributed by atoms with van der Waals surface area (Å²) in [5, 5.41) is 12.6. The Bertz CT molecular complexity index is 2100. The van der Waals surface area contributed by atoms with E-state index in [1.807, 2.05) is 79.7 Å². The molecule has 1 heterocycles. The summed E-state index contributed by atoms with van der Waals surface area (Å²) in [5.41, 5.74) is 3.85. The van der Waals surface area contributed by atoms with Gasteiger partial charge in [-0.3, -0.25) is 19.3 Å². The number of benzene rings is 4. The molecule has 0 unspecified atom stereocenters. The second-order valence-corrected chi connectivity index (χ2v) is 12.5. The number of amidine groups is 1. The summed E-state index contributed by atoms with van der Waals surface area (Å²) < 4.78 is 11.9. The molecule has 3 amide bonds. The molecule has 10 heteroatoms. The van der Waals surface area contributed by atoms with Gasteiger partial charge in [-0.05, 0) is 60.9 Å². The first-order chi connectivity index (χ1) is 25.9. The highest BCUT2D eigenvalue weighted by Gasteiger charge is 2.35. The Balaban J connectivity index is 1.40. The van der Waals surface area contributed by atoms with E-state index in [9.17, 15) is 19.6 Å². The molecule has 0 fully saturated rings. The van der Waals surface area contributed by atoms with Crippen molar-refractivity contribution in [3.63, 3.8) is 0 Å². The summed E-state index contributed by atoms with van der Waals surface area (Å²) in [5.74, 6) is -0.912. The minimum Gasteiger partial charge on any atom is -0.490 e. The third kappa shape index (κ3) is 9.67. The molecular formula is C43H38N4O5S. The molecule has 4 aromatic carbocycles. The van der Waals surface area contributed by atoms with E-state index in [1.54, 1.807) is 61.6 Å². The van der Waals surface area contributed by atoms with Crippen LogP contribution in [0.1, 0.15) is 47.7 Å². The molecule has 9 nitrogen and oxygen atoms in total. The largest absolute Gasteiger partial charge is 0.490 e. The number of ether oxygens (including phenoxy) is 2. The van der Waals surface area contributed by atoms with E-state index in [-0.39, 0.29) is 29.0 Å². The molecule has 1 aliphatic heterocycles. The Hall–Kier alpha value is -6.44. The van der Waals surface area contributed by atoms with Crippen LogP contribution in [0.25, 0.3) is 6.08 Å². The van der Waals surface area contributed by atoms with E-state index in [0.29, 0.717) is 34.9 Å². The number of allylic oxidation sites excluding steroid dienone is 4. The van der Waals surface area contributed by atoms with Gasteiger partial charge in [0.1, 0.15) is 12.2 Å². The maximum atomic E-state index is 14.2. The summed E-state index contributed by atoms with van der Waals surface area (Å²) in [7, 11) is 0. The van der Waals surface area contributed by atoms with E-state index >= 15 is 0 Å². The topological polar surface area (TPSA) is 121 Å². The van der Waals surface area contributed by atoms with Crippen molar-refractivity contribution in [2.45, 2.75) is 26.5 Å². The maximum absolute atomic E-state index is 14.2. The average molecular weight is 723 g/mol. The van der Waals surface area contributed by atoms with Crippen molar-refractivity contribution in [3.05, 3.63) is 173 Å². The SMILES string of the molecule is C=C/C=C\C(=C/C)N1C(=O)/C(=C/c2ccc(OCc3ccccc3C#N)c(OCC)c2)C(=O)N=C1SCC(=O)NC(c1ccccc1)c1ccccc1. The predicted molar refractivity (Wildman–Crippen MR) is 209 cm³/mol. The molecule has 0 atom stereocenters. The summed E-state index contributed by atoms with van der Waals surface area (Å²) in [4.78, 5) is 46.8. The normalized spacial score (nSPS) is 13.9. The monoisotopic (exact) mass is 722 g/mol. The number of hydrogen-bond acceptors (Lipinski definition) is 7. The lowest BCUT2D eigenvalue weighted by molar-refractivity contribution is -0.126. The zero-order chi connectivity index (χ0) is 37.6. The van der Waals surface area contributed by atoms with Crippen LogP contribution in [0.4, 0.5) is 0 Å². The highest BCUT2D eigenvalue weighted by molar-refractivity contribution is 8.14. The second-order valence-electron chi connectivity index (χ2n) is 11.5. The van der Waals surface area contributed by atoms with Crippen molar-refractivity contribution in [1.82, 2.24) is 10.2 Å². The van der Waals surface area contributed by atoms with Crippen molar-refractivity contribution in [3.8, 4) is 17.6 Å². The summed E-state index contributed by atoms with van der Waals surface area (Å²) >= 11 is 0.994. The van der Waals surface area contributed by atoms with Crippen LogP contribution in [0.3, 0.4) is 0 Å². The molecule has 0 bridgehead atoms. The molecule has 0 saturated carbocycles. The van der Waals surface area contributed by atoms with Crippen LogP contribution in [0.5, 0.6) is 11.5 Å². The summed E-state index contributed by atoms with van der Waals surface area (Å²) in [6.07, 6.45) is 8.10. The molecule has 0 radical (unpaired) electrons. The summed E-state index contributed by atoms with van der Waals surface area (Å²) in [6.45, 7) is 7.81. The van der Waals surface area contributed by atoms with Gasteiger partial charge in [0.25, 0.3) is 11.8 Å². The molecule has 0 aliphatic carbocycles. The molecular weight excluding hydrogens is 685 g/mol. The molecule has 4 aromatic rings. The van der Waals surface area contributed by atoms with Gasteiger partial charge < -0.3 is 14.8 Å².